The molecule has 1 N–H and O–H groups in total. The molecule has 0 amide bonds. The summed E-state index contributed by atoms with van der Waals surface area (Å²) in [5, 5.41) is 7.42. The maximum Gasteiger partial charge on any atom is 0.300 e. The van der Waals surface area contributed by atoms with E-state index in [0.717, 1.165) is 26.4 Å². The van der Waals surface area contributed by atoms with Crippen LogP contribution in [-0.2, 0) is 21.4 Å². The van der Waals surface area contributed by atoms with Gasteiger partial charge in [-0.25, -0.2) is 0 Å². The van der Waals surface area contributed by atoms with Crippen LogP contribution in [0, 0.1) is 5.92 Å². The lowest BCUT2D eigenvalue weighted by atomic mass is 9.86. The summed E-state index contributed by atoms with van der Waals surface area (Å²) in [6.45, 7) is 17.9. The molecule has 1 aliphatic rings. The van der Waals surface area contributed by atoms with E-state index in [-0.39, 0.29) is 5.41 Å². The fourth-order valence-electron chi connectivity index (χ4n) is 3.48. The highest BCUT2D eigenvalue weighted by Gasteiger charge is 2.23. The smallest absolute Gasteiger partial charge is 0.300 e. The monoisotopic (exact) mass is 363 g/mol. The second kappa shape index (κ2) is 10.1. The summed E-state index contributed by atoms with van der Waals surface area (Å²) >= 11 is 0. The quantitative estimate of drug-likeness (QED) is 0.863. The number of ether oxygens (including phenoxy) is 1. The minimum Gasteiger partial charge on any atom is -0.481 e. The van der Waals surface area contributed by atoms with Gasteiger partial charge in [-0.1, -0.05) is 52.0 Å². The first-order valence-electron chi connectivity index (χ1n) is 9.64. The number of carboxylic acids is 1. The van der Waals surface area contributed by atoms with Crippen molar-refractivity contribution in [2.75, 3.05) is 19.6 Å². The number of benzene rings is 1. The molecular formula is C22H37NO3. The fraction of sp³-hybridized carbons (Fsp3) is 0.682. The molecule has 4 nitrogen and oxygen atoms in total. The molecule has 4 heteroatoms. The van der Waals surface area contributed by atoms with Crippen LogP contribution in [0.5, 0.6) is 0 Å². The van der Waals surface area contributed by atoms with Gasteiger partial charge in [0.05, 0.1) is 12.2 Å². The average molecular weight is 364 g/mol. The van der Waals surface area contributed by atoms with E-state index in [1.54, 1.807) is 0 Å². The number of carboxylic acid groups (broad SMARTS) is 1. The highest BCUT2D eigenvalue weighted by Crippen LogP contribution is 2.23. The van der Waals surface area contributed by atoms with Crippen LogP contribution < -0.4 is 0 Å². The Bertz CT molecular complexity index is 534. The van der Waals surface area contributed by atoms with Crippen LogP contribution >= 0.6 is 0 Å². The van der Waals surface area contributed by atoms with Crippen LogP contribution in [0.15, 0.2) is 24.3 Å². The van der Waals surface area contributed by atoms with Gasteiger partial charge < -0.3 is 9.84 Å². The lowest BCUT2D eigenvalue weighted by molar-refractivity contribution is -0.134. The van der Waals surface area contributed by atoms with Crippen molar-refractivity contribution in [3.05, 3.63) is 35.4 Å². The Morgan fingerprint density at radius 3 is 2.08 bits per heavy atom. The summed E-state index contributed by atoms with van der Waals surface area (Å²) < 4.78 is 5.82. The number of hydrogen-bond donors (Lipinski definition) is 1. The first kappa shape index (κ1) is 22.7. The lowest BCUT2D eigenvalue weighted by Gasteiger charge is -2.36. The highest BCUT2D eigenvalue weighted by atomic mass is 16.5. The molecule has 0 bridgehead atoms. The SMILES string of the molecule is CC(=O)O.CC(Cc1ccc(C(C)(C)C)cc1)CN1CC(C)OC(C)C1. The fourth-order valence-corrected chi connectivity index (χ4v) is 3.48. The molecule has 2 rings (SSSR count). The topological polar surface area (TPSA) is 49.8 Å². The number of hydrogen-bond acceptors (Lipinski definition) is 3. The van der Waals surface area contributed by atoms with Crippen LogP contribution in [0.25, 0.3) is 0 Å². The van der Waals surface area contributed by atoms with Gasteiger partial charge in [0.1, 0.15) is 0 Å². The summed E-state index contributed by atoms with van der Waals surface area (Å²) in [4.78, 5) is 11.6. The molecule has 0 saturated carbocycles. The van der Waals surface area contributed by atoms with Crippen molar-refractivity contribution in [1.82, 2.24) is 4.90 Å². The van der Waals surface area contributed by atoms with Crippen molar-refractivity contribution in [2.24, 2.45) is 5.92 Å². The van der Waals surface area contributed by atoms with Gasteiger partial charge in [-0.15, -0.1) is 0 Å². The van der Waals surface area contributed by atoms with E-state index in [1.807, 2.05) is 0 Å². The van der Waals surface area contributed by atoms with E-state index in [0.29, 0.717) is 18.1 Å². The Labute approximate surface area is 159 Å². The lowest BCUT2D eigenvalue weighted by Crippen LogP contribution is -2.47. The number of rotatable bonds is 4. The third-order valence-corrected chi connectivity index (χ3v) is 4.47. The van der Waals surface area contributed by atoms with Crippen LogP contribution in [0.1, 0.15) is 59.6 Å². The Hall–Kier alpha value is -1.39. The Morgan fingerprint density at radius 1 is 1.19 bits per heavy atom. The van der Waals surface area contributed by atoms with E-state index in [9.17, 15) is 0 Å². The van der Waals surface area contributed by atoms with Crippen molar-refractivity contribution < 1.29 is 14.6 Å². The Balaban J connectivity index is 0.000000765. The zero-order valence-electron chi connectivity index (χ0n) is 17.6. The number of nitrogens with zero attached hydrogens (tertiary/aromatic N) is 1. The minimum atomic E-state index is -0.833. The first-order chi connectivity index (χ1) is 12.0. The van der Waals surface area contributed by atoms with E-state index in [2.05, 4.69) is 70.7 Å². The Morgan fingerprint density at radius 2 is 1.65 bits per heavy atom. The van der Waals surface area contributed by atoms with E-state index in [1.165, 1.54) is 17.7 Å². The Kier molecular flexibility index (Phi) is 8.78. The molecule has 3 unspecified atom stereocenters. The zero-order valence-corrected chi connectivity index (χ0v) is 17.6. The molecule has 3 atom stereocenters. The number of morpholine rings is 1. The average Bonchev–Trinajstić information content (AvgIpc) is 2.44. The molecule has 0 spiro atoms. The van der Waals surface area contributed by atoms with Gasteiger partial charge in [0.25, 0.3) is 5.97 Å². The van der Waals surface area contributed by atoms with Crippen molar-refractivity contribution in [3.63, 3.8) is 0 Å². The van der Waals surface area contributed by atoms with Crippen molar-refractivity contribution >= 4 is 5.97 Å². The summed E-state index contributed by atoms with van der Waals surface area (Å²) in [6, 6.07) is 9.20. The molecular weight excluding hydrogens is 326 g/mol. The van der Waals surface area contributed by atoms with Gasteiger partial charge >= 0.3 is 0 Å². The van der Waals surface area contributed by atoms with Crippen molar-refractivity contribution in [1.29, 1.82) is 0 Å². The maximum atomic E-state index is 9.00. The number of carbonyl (C=O) groups is 1. The highest BCUT2D eigenvalue weighted by molar-refractivity contribution is 5.62. The predicted molar refractivity (Wildman–Crippen MR) is 108 cm³/mol. The summed E-state index contributed by atoms with van der Waals surface area (Å²) in [6.07, 6.45) is 1.88. The minimum absolute atomic E-state index is 0.240. The van der Waals surface area contributed by atoms with Crippen LogP contribution in [0.2, 0.25) is 0 Å². The molecule has 1 fully saturated rings. The summed E-state index contributed by atoms with van der Waals surface area (Å²) in [5.74, 6) is -0.155. The standard InChI is InChI=1S/C20H33NO.C2H4O2/c1-15(12-21-13-16(2)22-17(3)14-21)11-18-7-9-19(10-8-18)20(4,5)6;1-2(3)4/h7-10,15-17H,11-14H2,1-6H3;1H3,(H,3,4). The van der Waals surface area contributed by atoms with E-state index >= 15 is 0 Å². The molecule has 0 radical (unpaired) electrons. The largest absolute Gasteiger partial charge is 0.481 e. The first-order valence-corrected chi connectivity index (χ1v) is 9.64. The van der Waals surface area contributed by atoms with Gasteiger partial charge in [0.15, 0.2) is 0 Å². The maximum absolute atomic E-state index is 9.00. The molecule has 1 aromatic rings. The molecule has 26 heavy (non-hydrogen) atoms. The zero-order chi connectivity index (χ0) is 19.9. The van der Waals surface area contributed by atoms with Gasteiger partial charge in [0.2, 0.25) is 0 Å². The molecule has 1 heterocycles. The molecule has 148 valence electrons. The van der Waals surface area contributed by atoms with Crippen LogP contribution in [0.4, 0.5) is 0 Å². The number of aliphatic carboxylic acids is 1. The third-order valence-electron chi connectivity index (χ3n) is 4.47. The molecule has 0 aromatic heterocycles. The third kappa shape index (κ3) is 8.81. The van der Waals surface area contributed by atoms with Gasteiger partial charge in [0, 0.05) is 26.6 Å². The normalized spacial score (nSPS) is 22.3. The summed E-state index contributed by atoms with van der Waals surface area (Å²) in [7, 11) is 0. The molecule has 1 aromatic carbocycles. The molecule has 0 aliphatic carbocycles. The molecule has 1 saturated heterocycles. The van der Waals surface area contributed by atoms with Gasteiger partial charge in [-0.05, 0) is 42.7 Å². The van der Waals surface area contributed by atoms with Crippen molar-refractivity contribution in [3.8, 4) is 0 Å². The second-order valence-corrected chi connectivity index (χ2v) is 8.75. The molecule has 1 aliphatic heterocycles. The van der Waals surface area contributed by atoms with Gasteiger partial charge in [-0.2, -0.15) is 0 Å². The van der Waals surface area contributed by atoms with Gasteiger partial charge in [-0.3, -0.25) is 9.69 Å². The second-order valence-electron chi connectivity index (χ2n) is 8.75. The van der Waals surface area contributed by atoms with Crippen LogP contribution in [0.3, 0.4) is 0 Å². The van der Waals surface area contributed by atoms with Crippen LogP contribution in [-0.4, -0.2) is 47.8 Å². The van der Waals surface area contributed by atoms with E-state index in [4.69, 9.17) is 14.6 Å². The summed E-state index contributed by atoms with van der Waals surface area (Å²) in [5.41, 5.74) is 3.11. The predicted octanol–water partition coefficient (Wildman–Crippen LogP) is 4.36. The van der Waals surface area contributed by atoms with Crippen molar-refractivity contribution in [2.45, 2.75) is 72.5 Å². The van der Waals surface area contributed by atoms with E-state index < -0.39 is 5.97 Å².